The monoisotopic (exact) mass is 580 g/mol. The number of anilines is 3. The smallest absolute Gasteiger partial charge is 0.401 e. The Morgan fingerprint density at radius 1 is 1.02 bits per heavy atom. The Bertz CT molecular complexity index is 1570. The van der Waals surface area contributed by atoms with Crippen molar-refractivity contribution < 1.29 is 22.7 Å². The van der Waals surface area contributed by atoms with E-state index in [9.17, 15) is 18.0 Å². The van der Waals surface area contributed by atoms with E-state index in [0.29, 0.717) is 36.1 Å². The standard InChI is InChI=1S/C31H35F3N6O2/c1-30(2,3)21-6-5-7-22(16-21)36-29-37-25-17-23(8-9-26(25)39(29)4)42-24-10-13-35-27(18-24)38-28(41)20-11-14-40(15-12-20)19-31(32,33)34/h5-10,13,16-18,20H,11-12,14-15,19H2,1-4H3,(H,36,37)(H,35,38,41). The van der Waals surface area contributed by atoms with Crippen molar-refractivity contribution in [1.82, 2.24) is 19.4 Å². The third-order valence-corrected chi connectivity index (χ3v) is 7.42. The Morgan fingerprint density at radius 2 is 1.76 bits per heavy atom. The summed E-state index contributed by atoms with van der Waals surface area (Å²) in [6.07, 6.45) is -1.98. The average molecular weight is 581 g/mol. The van der Waals surface area contributed by atoms with E-state index >= 15 is 0 Å². The highest BCUT2D eigenvalue weighted by atomic mass is 19.4. The largest absolute Gasteiger partial charge is 0.457 e. The van der Waals surface area contributed by atoms with Crippen LogP contribution in [-0.2, 0) is 17.3 Å². The number of hydrogen-bond donors (Lipinski definition) is 2. The van der Waals surface area contributed by atoms with Gasteiger partial charge in [0.1, 0.15) is 17.3 Å². The van der Waals surface area contributed by atoms with Gasteiger partial charge in [-0.25, -0.2) is 9.97 Å². The SMILES string of the molecule is Cn1c(Nc2cccc(C(C)(C)C)c2)nc2cc(Oc3ccnc(NC(=O)C4CCN(CC(F)(F)F)CC4)c3)ccc21. The molecule has 11 heteroatoms. The van der Waals surface area contributed by atoms with Crippen LogP contribution in [0.25, 0.3) is 11.0 Å². The third kappa shape index (κ3) is 7.20. The molecule has 4 aromatic rings. The number of fused-ring (bicyclic) bond motifs is 1. The molecule has 0 radical (unpaired) electrons. The van der Waals surface area contributed by atoms with Gasteiger partial charge in [-0.2, -0.15) is 13.2 Å². The number of aromatic nitrogens is 3. The number of hydrogen-bond acceptors (Lipinski definition) is 6. The van der Waals surface area contributed by atoms with Crippen molar-refractivity contribution in [2.24, 2.45) is 13.0 Å². The van der Waals surface area contributed by atoms with Crippen molar-refractivity contribution >= 4 is 34.4 Å². The molecule has 2 aromatic heterocycles. The molecule has 1 aliphatic rings. The molecule has 0 atom stereocenters. The molecule has 1 saturated heterocycles. The third-order valence-electron chi connectivity index (χ3n) is 7.42. The van der Waals surface area contributed by atoms with Gasteiger partial charge in [-0.05, 0) is 67.2 Å². The zero-order valence-corrected chi connectivity index (χ0v) is 24.1. The average Bonchev–Trinajstić information content (AvgIpc) is 3.22. The molecule has 1 aliphatic heterocycles. The van der Waals surface area contributed by atoms with Gasteiger partial charge in [-0.1, -0.05) is 32.9 Å². The van der Waals surface area contributed by atoms with E-state index in [1.807, 2.05) is 41.9 Å². The lowest BCUT2D eigenvalue weighted by Gasteiger charge is -2.31. The lowest BCUT2D eigenvalue weighted by atomic mass is 9.87. The highest BCUT2D eigenvalue weighted by molar-refractivity contribution is 5.92. The topological polar surface area (TPSA) is 84.3 Å². The van der Waals surface area contributed by atoms with Crippen LogP contribution >= 0.6 is 0 Å². The summed E-state index contributed by atoms with van der Waals surface area (Å²) in [4.78, 5) is 23.1. The summed E-state index contributed by atoms with van der Waals surface area (Å²) in [7, 11) is 1.95. The number of pyridine rings is 1. The molecule has 0 spiro atoms. The second-order valence-corrected chi connectivity index (χ2v) is 11.7. The summed E-state index contributed by atoms with van der Waals surface area (Å²) in [5.41, 5.74) is 3.89. The van der Waals surface area contributed by atoms with Crippen LogP contribution in [0.4, 0.5) is 30.6 Å². The molecule has 0 unspecified atom stereocenters. The van der Waals surface area contributed by atoms with Gasteiger partial charge in [0, 0.05) is 37.0 Å². The molecule has 5 rings (SSSR count). The first-order chi connectivity index (χ1) is 19.8. The van der Waals surface area contributed by atoms with Crippen molar-refractivity contribution in [2.75, 3.05) is 30.3 Å². The van der Waals surface area contributed by atoms with E-state index in [0.717, 1.165) is 16.7 Å². The van der Waals surface area contributed by atoms with Crippen molar-refractivity contribution in [3.8, 4) is 11.5 Å². The van der Waals surface area contributed by atoms with Crippen molar-refractivity contribution in [3.63, 3.8) is 0 Å². The van der Waals surface area contributed by atoms with Crippen LogP contribution in [0.2, 0.25) is 0 Å². The number of carbonyl (C=O) groups excluding carboxylic acids is 1. The minimum absolute atomic E-state index is 0.0311. The van der Waals surface area contributed by atoms with Crippen LogP contribution in [0, 0.1) is 5.92 Å². The summed E-state index contributed by atoms with van der Waals surface area (Å²) in [5.74, 6) is 1.44. The van der Waals surface area contributed by atoms with Crippen molar-refractivity contribution in [1.29, 1.82) is 0 Å². The van der Waals surface area contributed by atoms with E-state index in [4.69, 9.17) is 9.72 Å². The van der Waals surface area contributed by atoms with Crippen LogP contribution < -0.4 is 15.4 Å². The van der Waals surface area contributed by atoms with Crippen LogP contribution in [0.5, 0.6) is 11.5 Å². The van der Waals surface area contributed by atoms with Crippen LogP contribution in [-0.4, -0.2) is 51.2 Å². The van der Waals surface area contributed by atoms with Gasteiger partial charge in [0.05, 0.1) is 17.6 Å². The van der Waals surface area contributed by atoms with Gasteiger partial charge in [-0.15, -0.1) is 0 Å². The molecule has 2 N–H and O–H groups in total. The summed E-state index contributed by atoms with van der Waals surface area (Å²) in [6, 6.07) is 17.2. The Labute approximate surface area is 242 Å². The molecule has 0 bridgehead atoms. The van der Waals surface area contributed by atoms with Crippen molar-refractivity contribution in [3.05, 3.63) is 66.4 Å². The predicted octanol–water partition coefficient (Wildman–Crippen LogP) is 7.01. The summed E-state index contributed by atoms with van der Waals surface area (Å²) >= 11 is 0. The van der Waals surface area contributed by atoms with Crippen LogP contribution in [0.1, 0.15) is 39.2 Å². The summed E-state index contributed by atoms with van der Waals surface area (Å²) < 4.78 is 46.0. The quantitative estimate of drug-likeness (QED) is 0.245. The number of ether oxygens (including phenoxy) is 1. The number of carbonyl (C=O) groups is 1. The minimum atomic E-state index is -4.24. The number of nitrogens with zero attached hydrogens (tertiary/aromatic N) is 4. The van der Waals surface area contributed by atoms with Crippen LogP contribution in [0.3, 0.4) is 0 Å². The Hall–Kier alpha value is -4.12. The number of benzene rings is 2. The van der Waals surface area contributed by atoms with E-state index in [-0.39, 0.29) is 30.3 Å². The maximum absolute atomic E-state index is 12.8. The first kappa shape index (κ1) is 29.4. The zero-order chi connectivity index (χ0) is 30.1. The molecular weight excluding hydrogens is 545 g/mol. The highest BCUT2D eigenvalue weighted by Gasteiger charge is 2.34. The first-order valence-electron chi connectivity index (χ1n) is 13.9. The van der Waals surface area contributed by atoms with Gasteiger partial charge in [0.2, 0.25) is 11.9 Å². The van der Waals surface area contributed by atoms with Gasteiger partial charge in [-0.3, -0.25) is 9.69 Å². The van der Waals surface area contributed by atoms with E-state index in [1.54, 1.807) is 12.1 Å². The fourth-order valence-electron chi connectivity index (χ4n) is 5.06. The molecule has 42 heavy (non-hydrogen) atoms. The number of piperidine rings is 1. The fourth-order valence-corrected chi connectivity index (χ4v) is 5.06. The Balaban J connectivity index is 1.23. The molecular formula is C31H35F3N6O2. The molecule has 0 saturated carbocycles. The number of amides is 1. The minimum Gasteiger partial charge on any atom is -0.457 e. The molecule has 1 fully saturated rings. The zero-order valence-electron chi connectivity index (χ0n) is 24.1. The molecule has 2 aromatic carbocycles. The molecule has 222 valence electrons. The second kappa shape index (κ2) is 11.6. The lowest BCUT2D eigenvalue weighted by Crippen LogP contribution is -2.42. The van der Waals surface area contributed by atoms with Gasteiger partial charge >= 0.3 is 6.18 Å². The maximum Gasteiger partial charge on any atom is 0.401 e. The Kier molecular flexibility index (Phi) is 8.14. The predicted molar refractivity (Wildman–Crippen MR) is 157 cm³/mol. The number of halogens is 3. The number of aryl methyl sites for hydroxylation is 1. The van der Waals surface area contributed by atoms with Crippen LogP contribution in [0.15, 0.2) is 60.8 Å². The molecule has 8 nitrogen and oxygen atoms in total. The molecule has 1 amide bonds. The number of rotatable bonds is 7. The summed E-state index contributed by atoms with van der Waals surface area (Å²) in [5, 5.41) is 6.20. The van der Waals surface area contributed by atoms with Gasteiger partial charge in [0.15, 0.2) is 0 Å². The first-order valence-corrected chi connectivity index (χ1v) is 13.9. The second-order valence-electron chi connectivity index (χ2n) is 11.7. The van der Waals surface area contributed by atoms with E-state index < -0.39 is 12.7 Å². The Morgan fingerprint density at radius 3 is 2.48 bits per heavy atom. The van der Waals surface area contributed by atoms with E-state index in [1.165, 1.54) is 16.7 Å². The normalized spacial score (nSPS) is 15.1. The van der Waals surface area contributed by atoms with E-state index in [2.05, 4.69) is 48.5 Å². The molecule has 3 heterocycles. The maximum atomic E-state index is 12.8. The number of likely N-dealkylation sites (tertiary alicyclic amines) is 1. The molecule has 0 aliphatic carbocycles. The highest BCUT2D eigenvalue weighted by Crippen LogP contribution is 2.31. The number of imidazole rings is 1. The summed E-state index contributed by atoms with van der Waals surface area (Å²) in [6.45, 7) is 6.04. The fraction of sp³-hybridized carbons (Fsp3) is 0.387. The van der Waals surface area contributed by atoms with Gasteiger partial charge in [0.25, 0.3) is 0 Å². The number of nitrogens with one attached hydrogen (secondary N) is 2. The lowest BCUT2D eigenvalue weighted by molar-refractivity contribution is -0.149. The van der Waals surface area contributed by atoms with Gasteiger partial charge < -0.3 is 19.9 Å². The number of alkyl halides is 3. The van der Waals surface area contributed by atoms with Crippen molar-refractivity contribution in [2.45, 2.75) is 45.2 Å².